The van der Waals surface area contributed by atoms with Crippen LogP contribution >= 0.6 is 0 Å². The number of nitrogens with zero attached hydrogens (tertiary/aromatic N) is 2. The van der Waals surface area contributed by atoms with Crippen molar-refractivity contribution < 1.29 is 32.2 Å². The Morgan fingerprint density at radius 1 is 0.871 bits per heavy atom. The second kappa shape index (κ2) is 8.01. The third-order valence-electron chi connectivity index (χ3n) is 4.37. The molecule has 0 bridgehead atoms. The Balaban J connectivity index is 1.38. The monoisotopic (exact) mass is 432 g/mol. The van der Waals surface area contributed by atoms with Gasteiger partial charge in [0.25, 0.3) is 11.8 Å². The van der Waals surface area contributed by atoms with Crippen LogP contribution < -0.4 is 20.3 Å². The van der Waals surface area contributed by atoms with Crippen molar-refractivity contribution in [2.75, 3.05) is 13.2 Å². The van der Waals surface area contributed by atoms with Gasteiger partial charge in [-0.3, -0.25) is 20.4 Å². The number of hydrogen-bond acceptors (Lipinski definition) is 5. The minimum atomic E-state index is -4.54. The average molecular weight is 432 g/mol. The molecule has 0 saturated carbocycles. The number of carbonyl (C=O) groups is 2. The molecular formula is C20H15F3N4O4. The summed E-state index contributed by atoms with van der Waals surface area (Å²) in [6, 6.07) is 11.2. The molecule has 11 heteroatoms. The molecule has 0 fully saturated rings. The van der Waals surface area contributed by atoms with Crippen LogP contribution in [0.2, 0.25) is 0 Å². The number of nitrogens with one attached hydrogen (secondary N) is 2. The molecule has 0 unspecified atom stereocenters. The van der Waals surface area contributed by atoms with Crippen LogP contribution in [-0.4, -0.2) is 34.8 Å². The van der Waals surface area contributed by atoms with E-state index in [4.69, 9.17) is 9.47 Å². The number of aromatic nitrogens is 2. The highest BCUT2D eigenvalue weighted by Crippen LogP contribution is 2.30. The number of alkyl halides is 3. The van der Waals surface area contributed by atoms with Crippen LogP contribution in [0.5, 0.6) is 11.5 Å². The van der Waals surface area contributed by atoms with Crippen molar-refractivity contribution in [2.45, 2.75) is 6.18 Å². The van der Waals surface area contributed by atoms with E-state index in [0.717, 1.165) is 10.7 Å². The molecule has 0 spiro atoms. The highest BCUT2D eigenvalue weighted by atomic mass is 19.4. The molecule has 4 rings (SSSR count). The normalized spacial score (nSPS) is 12.9. The first-order valence-corrected chi connectivity index (χ1v) is 9.05. The lowest BCUT2D eigenvalue weighted by Gasteiger charge is -2.18. The molecular weight excluding hydrogens is 417 g/mol. The Morgan fingerprint density at radius 2 is 1.48 bits per heavy atom. The SMILES string of the molecule is O=C(NNC(=O)c1ccc2c(c1)OCCO2)c1ccc(-n2ccc(C(F)(F)F)n2)cc1. The van der Waals surface area contributed by atoms with Gasteiger partial charge in [0.15, 0.2) is 17.2 Å². The van der Waals surface area contributed by atoms with Crippen LogP contribution in [0.3, 0.4) is 0 Å². The number of carbonyl (C=O) groups excluding carboxylic acids is 2. The number of hydrogen-bond donors (Lipinski definition) is 2. The van der Waals surface area contributed by atoms with Crippen LogP contribution in [0, 0.1) is 0 Å². The molecule has 8 nitrogen and oxygen atoms in total. The van der Waals surface area contributed by atoms with Crippen LogP contribution in [0.1, 0.15) is 26.4 Å². The molecule has 0 radical (unpaired) electrons. The van der Waals surface area contributed by atoms with Crippen molar-refractivity contribution >= 4 is 11.8 Å². The van der Waals surface area contributed by atoms with Crippen LogP contribution in [0.4, 0.5) is 13.2 Å². The van der Waals surface area contributed by atoms with Gasteiger partial charge in [0.05, 0.1) is 5.69 Å². The fraction of sp³-hybridized carbons (Fsp3) is 0.150. The van der Waals surface area contributed by atoms with Crippen LogP contribution in [0.15, 0.2) is 54.7 Å². The van der Waals surface area contributed by atoms with Gasteiger partial charge < -0.3 is 9.47 Å². The molecule has 2 N–H and O–H groups in total. The first kappa shape index (κ1) is 20.3. The molecule has 2 heterocycles. The van der Waals surface area contributed by atoms with E-state index in [-0.39, 0.29) is 11.1 Å². The van der Waals surface area contributed by atoms with Gasteiger partial charge in [-0.25, -0.2) is 4.68 Å². The van der Waals surface area contributed by atoms with E-state index in [1.54, 1.807) is 6.07 Å². The second-order valence-corrected chi connectivity index (χ2v) is 6.46. The van der Waals surface area contributed by atoms with Gasteiger partial charge >= 0.3 is 6.18 Å². The van der Waals surface area contributed by atoms with Gasteiger partial charge in [0.1, 0.15) is 13.2 Å². The van der Waals surface area contributed by atoms with Crippen molar-refractivity contribution in [1.82, 2.24) is 20.6 Å². The zero-order valence-corrected chi connectivity index (χ0v) is 15.8. The molecule has 0 saturated heterocycles. The standard InChI is InChI=1S/C20H15F3N4O4/c21-20(22,23)17-7-8-27(26-17)14-4-1-12(2-5-14)18(28)24-25-19(29)13-3-6-15-16(11-13)31-10-9-30-15/h1-8,11H,9-10H2,(H,24,28)(H,25,29). The summed E-state index contributed by atoms with van der Waals surface area (Å²) in [7, 11) is 0. The molecule has 2 aromatic carbocycles. The van der Waals surface area contributed by atoms with E-state index in [1.165, 1.54) is 42.6 Å². The summed E-state index contributed by atoms with van der Waals surface area (Å²) in [5.74, 6) is -0.188. The molecule has 31 heavy (non-hydrogen) atoms. The number of halogens is 3. The van der Waals surface area contributed by atoms with Gasteiger partial charge in [0.2, 0.25) is 0 Å². The topological polar surface area (TPSA) is 94.5 Å². The van der Waals surface area contributed by atoms with Gasteiger partial charge in [0, 0.05) is 17.3 Å². The van der Waals surface area contributed by atoms with Crippen molar-refractivity contribution in [3.63, 3.8) is 0 Å². The zero-order chi connectivity index (χ0) is 22.0. The predicted molar refractivity (Wildman–Crippen MR) is 101 cm³/mol. The van der Waals surface area contributed by atoms with Gasteiger partial charge in [-0.2, -0.15) is 18.3 Å². The predicted octanol–water partition coefficient (Wildman–Crippen LogP) is 2.74. The van der Waals surface area contributed by atoms with Gasteiger partial charge in [-0.05, 0) is 48.5 Å². The molecule has 1 aromatic heterocycles. The summed E-state index contributed by atoms with van der Waals surface area (Å²) >= 11 is 0. The maximum atomic E-state index is 12.7. The molecule has 0 aliphatic carbocycles. The van der Waals surface area contributed by atoms with E-state index < -0.39 is 23.7 Å². The summed E-state index contributed by atoms with van der Waals surface area (Å²) in [6.07, 6.45) is -3.37. The van der Waals surface area contributed by atoms with Crippen LogP contribution in [0.25, 0.3) is 5.69 Å². The third-order valence-corrected chi connectivity index (χ3v) is 4.37. The van der Waals surface area contributed by atoms with E-state index in [0.29, 0.717) is 30.4 Å². The van der Waals surface area contributed by atoms with Crippen molar-refractivity contribution in [2.24, 2.45) is 0 Å². The summed E-state index contributed by atoms with van der Waals surface area (Å²) < 4.78 is 49.8. The first-order valence-electron chi connectivity index (χ1n) is 9.05. The fourth-order valence-electron chi connectivity index (χ4n) is 2.83. The maximum Gasteiger partial charge on any atom is 0.435 e. The minimum Gasteiger partial charge on any atom is -0.486 e. The summed E-state index contributed by atoms with van der Waals surface area (Å²) in [4.78, 5) is 24.5. The number of fused-ring (bicyclic) bond motifs is 1. The largest absolute Gasteiger partial charge is 0.486 e. The molecule has 3 aromatic rings. The van der Waals surface area contributed by atoms with E-state index in [9.17, 15) is 22.8 Å². The maximum absolute atomic E-state index is 12.7. The summed E-state index contributed by atoms with van der Waals surface area (Å²) in [5.41, 5.74) is 4.35. The van der Waals surface area contributed by atoms with Gasteiger partial charge in [-0.1, -0.05) is 0 Å². The van der Waals surface area contributed by atoms with E-state index >= 15 is 0 Å². The Morgan fingerprint density at radius 3 is 2.13 bits per heavy atom. The third kappa shape index (κ3) is 4.44. The lowest BCUT2D eigenvalue weighted by Crippen LogP contribution is -2.41. The highest BCUT2D eigenvalue weighted by molar-refractivity contribution is 5.99. The highest BCUT2D eigenvalue weighted by Gasteiger charge is 2.33. The number of ether oxygens (including phenoxy) is 2. The smallest absolute Gasteiger partial charge is 0.435 e. The number of benzene rings is 2. The Kier molecular flexibility index (Phi) is 5.24. The Bertz CT molecular complexity index is 1130. The second-order valence-electron chi connectivity index (χ2n) is 6.46. The van der Waals surface area contributed by atoms with E-state index in [1.807, 2.05) is 0 Å². The first-order chi connectivity index (χ1) is 14.8. The Labute approximate surface area is 173 Å². The van der Waals surface area contributed by atoms with Crippen LogP contribution in [-0.2, 0) is 6.18 Å². The quantitative estimate of drug-likeness (QED) is 0.621. The molecule has 160 valence electrons. The Hall–Kier alpha value is -4.02. The molecule has 2 amide bonds. The average Bonchev–Trinajstić information content (AvgIpc) is 3.28. The number of amides is 2. The van der Waals surface area contributed by atoms with Crippen molar-refractivity contribution in [3.05, 3.63) is 71.5 Å². The summed E-state index contributed by atoms with van der Waals surface area (Å²) in [5, 5.41) is 3.46. The van der Waals surface area contributed by atoms with Gasteiger partial charge in [-0.15, -0.1) is 0 Å². The summed E-state index contributed by atoms with van der Waals surface area (Å²) in [6.45, 7) is 0.804. The number of hydrazine groups is 1. The minimum absolute atomic E-state index is 0.189. The fourth-order valence-corrected chi connectivity index (χ4v) is 2.83. The lowest BCUT2D eigenvalue weighted by atomic mass is 10.2. The zero-order valence-electron chi connectivity index (χ0n) is 15.8. The molecule has 1 aliphatic heterocycles. The molecule has 1 aliphatic rings. The van der Waals surface area contributed by atoms with E-state index in [2.05, 4.69) is 16.0 Å². The molecule has 0 atom stereocenters. The van der Waals surface area contributed by atoms with Crippen molar-refractivity contribution in [1.29, 1.82) is 0 Å². The lowest BCUT2D eigenvalue weighted by molar-refractivity contribution is -0.141. The number of rotatable bonds is 3. The van der Waals surface area contributed by atoms with Crippen molar-refractivity contribution in [3.8, 4) is 17.2 Å².